The molecular weight excluding hydrogens is 192 g/mol. The Morgan fingerprint density at radius 1 is 1.33 bits per heavy atom. The first-order chi connectivity index (χ1) is 7.36. The van der Waals surface area contributed by atoms with Crippen LogP contribution in [0.1, 0.15) is 18.1 Å². The van der Waals surface area contributed by atoms with Gasteiger partial charge in [0.15, 0.2) is 0 Å². The lowest BCUT2D eigenvalue weighted by Gasteiger charge is -2.20. The zero-order valence-corrected chi connectivity index (χ0v) is 8.68. The highest BCUT2D eigenvalue weighted by atomic mass is 16.6. The maximum atomic E-state index is 5.74. The second-order valence-electron chi connectivity index (χ2n) is 4.05. The lowest BCUT2D eigenvalue weighted by atomic mass is 10.0. The van der Waals surface area contributed by atoms with E-state index in [2.05, 4.69) is 6.07 Å². The summed E-state index contributed by atoms with van der Waals surface area (Å²) in [5, 5.41) is 0. The lowest BCUT2D eigenvalue weighted by molar-refractivity contribution is 0.0288. The lowest BCUT2D eigenvalue weighted by Crippen LogP contribution is -2.18. The molecule has 0 amide bonds. The molecule has 1 aromatic rings. The Kier molecular flexibility index (Phi) is 2.15. The molecule has 0 N–H and O–H groups in total. The summed E-state index contributed by atoms with van der Waals surface area (Å²) in [6.07, 6.45) is 1.93. The fraction of sp³-hybridized carbons (Fsp3) is 0.500. The molecule has 3 nitrogen and oxygen atoms in total. The average Bonchev–Trinajstić information content (AvgIpc) is 3.07. The Hall–Kier alpha value is -1.06. The maximum Gasteiger partial charge on any atom is 0.119 e. The molecule has 0 saturated carbocycles. The SMILES string of the molecule is COc1cccc([C@H]2C[C@H]3O[C@H]3CO2)c1. The summed E-state index contributed by atoms with van der Waals surface area (Å²) >= 11 is 0. The second kappa shape index (κ2) is 3.51. The van der Waals surface area contributed by atoms with E-state index in [1.54, 1.807) is 7.11 Å². The van der Waals surface area contributed by atoms with Gasteiger partial charge >= 0.3 is 0 Å². The van der Waals surface area contributed by atoms with Gasteiger partial charge in [0.2, 0.25) is 0 Å². The third kappa shape index (κ3) is 1.73. The Morgan fingerprint density at radius 2 is 2.27 bits per heavy atom. The highest BCUT2D eigenvalue weighted by molar-refractivity contribution is 5.30. The second-order valence-corrected chi connectivity index (χ2v) is 4.05. The van der Waals surface area contributed by atoms with Gasteiger partial charge in [0.25, 0.3) is 0 Å². The van der Waals surface area contributed by atoms with Crippen LogP contribution in [0.2, 0.25) is 0 Å². The van der Waals surface area contributed by atoms with Crippen LogP contribution in [0.25, 0.3) is 0 Å². The van der Waals surface area contributed by atoms with Crippen LogP contribution in [0.4, 0.5) is 0 Å². The molecule has 1 aromatic carbocycles. The quantitative estimate of drug-likeness (QED) is 0.693. The third-order valence-corrected chi connectivity index (χ3v) is 3.06. The first-order valence-corrected chi connectivity index (χ1v) is 5.28. The normalized spacial score (nSPS) is 33.3. The first kappa shape index (κ1) is 9.19. The van der Waals surface area contributed by atoms with Gasteiger partial charge in [0, 0.05) is 6.42 Å². The fourth-order valence-electron chi connectivity index (χ4n) is 2.10. The summed E-state index contributed by atoms with van der Waals surface area (Å²) in [7, 11) is 1.68. The van der Waals surface area contributed by atoms with E-state index in [1.165, 1.54) is 5.56 Å². The predicted molar refractivity (Wildman–Crippen MR) is 55.0 cm³/mol. The van der Waals surface area contributed by atoms with Crippen LogP contribution >= 0.6 is 0 Å². The first-order valence-electron chi connectivity index (χ1n) is 5.28. The van der Waals surface area contributed by atoms with Crippen molar-refractivity contribution in [3.05, 3.63) is 29.8 Å². The molecule has 15 heavy (non-hydrogen) atoms. The van der Waals surface area contributed by atoms with E-state index in [1.807, 2.05) is 18.2 Å². The highest BCUT2D eigenvalue weighted by Crippen LogP contribution is 2.39. The number of fused-ring (bicyclic) bond motifs is 1. The van der Waals surface area contributed by atoms with E-state index in [-0.39, 0.29) is 6.10 Å². The number of rotatable bonds is 2. The molecule has 3 heteroatoms. The van der Waals surface area contributed by atoms with Crippen molar-refractivity contribution in [3.8, 4) is 5.75 Å². The van der Waals surface area contributed by atoms with Crippen LogP contribution in [-0.4, -0.2) is 25.9 Å². The molecule has 3 atom stereocenters. The molecule has 2 aliphatic heterocycles. The van der Waals surface area contributed by atoms with Crippen molar-refractivity contribution in [1.82, 2.24) is 0 Å². The van der Waals surface area contributed by atoms with E-state index in [4.69, 9.17) is 14.2 Å². The van der Waals surface area contributed by atoms with Gasteiger partial charge < -0.3 is 14.2 Å². The largest absolute Gasteiger partial charge is 0.497 e. The molecule has 0 aromatic heterocycles. The molecule has 2 saturated heterocycles. The van der Waals surface area contributed by atoms with Gasteiger partial charge in [-0.25, -0.2) is 0 Å². The van der Waals surface area contributed by atoms with E-state index in [9.17, 15) is 0 Å². The smallest absolute Gasteiger partial charge is 0.119 e. The highest BCUT2D eigenvalue weighted by Gasteiger charge is 2.45. The molecular formula is C12H14O3. The molecule has 2 heterocycles. The van der Waals surface area contributed by atoms with Crippen LogP contribution in [-0.2, 0) is 9.47 Å². The van der Waals surface area contributed by atoms with E-state index < -0.39 is 0 Å². The maximum absolute atomic E-state index is 5.74. The molecule has 80 valence electrons. The summed E-state index contributed by atoms with van der Waals surface area (Å²) in [6.45, 7) is 0.729. The minimum absolute atomic E-state index is 0.170. The Labute approximate surface area is 89.0 Å². The number of benzene rings is 1. The molecule has 2 aliphatic rings. The van der Waals surface area contributed by atoms with Gasteiger partial charge in [0.05, 0.1) is 25.9 Å². The third-order valence-electron chi connectivity index (χ3n) is 3.06. The van der Waals surface area contributed by atoms with Crippen molar-refractivity contribution in [1.29, 1.82) is 0 Å². The van der Waals surface area contributed by atoms with Crippen LogP contribution in [0.15, 0.2) is 24.3 Å². The molecule has 0 radical (unpaired) electrons. The number of hydrogen-bond donors (Lipinski definition) is 0. The minimum Gasteiger partial charge on any atom is -0.497 e. The summed E-state index contributed by atoms with van der Waals surface area (Å²) < 4.78 is 16.4. The number of epoxide rings is 1. The summed E-state index contributed by atoms with van der Waals surface area (Å²) in [6, 6.07) is 8.06. The van der Waals surface area contributed by atoms with Gasteiger partial charge in [-0.05, 0) is 17.7 Å². The zero-order valence-electron chi connectivity index (χ0n) is 8.68. The van der Waals surface area contributed by atoms with Crippen molar-refractivity contribution in [3.63, 3.8) is 0 Å². The summed E-state index contributed by atoms with van der Waals surface area (Å²) in [5.41, 5.74) is 1.18. The minimum atomic E-state index is 0.170. The monoisotopic (exact) mass is 206 g/mol. The fourth-order valence-corrected chi connectivity index (χ4v) is 2.10. The van der Waals surface area contributed by atoms with E-state index in [0.717, 1.165) is 18.8 Å². The van der Waals surface area contributed by atoms with Gasteiger partial charge in [0.1, 0.15) is 11.9 Å². The van der Waals surface area contributed by atoms with Crippen LogP contribution in [0, 0.1) is 0 Å². The van der Waals surface area contributed by atoms with Gasteiger partial charge in [-0.1, -0.05) is 12.1 Å². The van der Waals surface area contributed by atoms with Crippen LogP contribution in [0.3, 0.4) is 0 Å². The van der Waals surface area contributed by atoms with Crippen LogP contribution < -0.4 is 4.74 Å². The molecule has 3 rings (SSSR count). The Balaban J connectivity index is 1.78. The zero-order chi connectivity index (χ0) is 10.3. The van der Waals surface area contributed by atoms with Gasteiger partial charge in [-0.2, -0.15) is 0 Å². The van der Waals surface area contributed by atoms with Crippen molar-refractivity contribution >= 4 is 0 Å². The Morgan fingerprint density at radius 3 is 3.07 bits per heavy atom. The van der Waals surface area contributed by atoms with Crippen molar-refractivity contribution in [2.45, 2.75) is 24.7 Å². The standard InChI is InChI=1S/C12H14O3/c1-13-9-4-2-3-8(5-9)10-6-11-12(15-11)7-14-10/h2-5,10-12H,6-7H2,1H3/t10-,11-,12+/m1/s1. The summed E-state index contributed by atoms with van der Waals surface area (Å²) in [5.74, 6) is 0.884. The molecule has 0 unspecified atom stereocenters. The van der Waals surface area contributed by atoms with Crippen molar-refractivity contribution in [2.75, 3.05) is 13.7 Å². The number of methoxy groups -OCH3 is 1. The molecule has 2 fully saturated rings. The van der Waals surface area contributed by atoms with Gasteiger partial charge in [-0.3, -0.25) is 0 Å². The number of ether oxygens (including phenoxy) is 3. The average molecular weight is 206 g/mol. The van der Waals surface area contributed by atoms with Crippen molar-refractivity contribution in [2.24, 2.45) is 0 Å². The van der Waals surface area contributed by atoms with Gasteiger partial charge in [-0.15, -0.1) is 0 Å². The van der Waals surface area contributed by atoms with Crippen LogP contribution in [0.5, 0.6) is 5.75 Å². The topological polar surface area (TPSA) is 31.0 Å². The predicted octanol–water partition coefficient (Wildman–Crippen LogP) is 1.92. The number of hydrogen-bond acceptors (Lipinski definition) is 3. The molecule has 0 spiro atoms. The summed E-state index contributed by atoms with van der Waals surface area (Å²) in [4.78, 5) is 0. The molecule has 0 aliphatic carbocycles. The molecule has 0 bridgehead atoms. The Bertz CT molecular complexity index is 364. The van der Waals surface area contributed by atoms with E-state index >= 15 is 0 Å². The van der Waals surface area contributed by atoms with Crippen molar-refractivity contribution < 1.29 is 14.2 Å². The van der Waals surface area contributed by atoms with E-state index in [0.29, 0.717) is 12.2 Å².